The van der Waals surface area contributed by atoms with Gasteiger partial charge in [0.05, 0.1) is 6.04 Å². The predicted octanol–water partition coefficient (Wildman–Crippen LogP) is 3.87. The van der Waals surface area contributed by atoms with Gasteiger partial charge in [0.15, 0.2) is 13.2 Å². The molecule has 6 heteroatoms. The molecule has 0 bridgehead atoms. The zero-order valence-electron chi connectivity index (χ0n) is 15.0. The average Bonchev–Trinajstić information content (AvgIpc) is 2.58. The molecule has 0 heterocycles. The standard InChI is InChI=1S/C20H22BrNO4/c1-13-8-14(2)10-18(9-13)25-12-20(24)26-11-19(23)22-15(3)16-4-6-17(21)7-5-16/h4-10,15H,11-12H2,1-3H3,(H,22,23)/t15-/m1/s1. The van der Waals surface area contributed by atoms with Gasteiger partial charge in [-0.3, -0.25) is 4.79 Å². The number of aryl methyl sites for hydroxylation is 2. The third-order valence-corrected chi connectivity index (χ3v) is 4.19. The second-order valence-electron chi connectivity index (χ2n) is 6.11. The molecule has 0 aliphatic carbocycles. The van der Waals surface area contributed by atoms with Gasteiger partial charge in [0.2, 0.25) is 0 Å². The lowest BCUT2D eigenvalue weighted by Crippen LogP contribution is -2.31. The first kappa shape index (κ1) is 20.0. The first-order chi connectivity index (χ1) is 12.3. The molecule has 1 amide bonds. The highest BCUT2D eigenvalue weighted by atomic mass is 79.9. The van der Waals surface area contributed by atoms with Crippen LogP contribution in [-0.2, 0) is 14.3 Å². The fourth-order valence-electron chi connectivity index (χ4n) is 2.46. The summed E-state index contributed by atoms with van der Waals surface area (Å²) >= 11 is 3.37. The molecule has 0 radical (unpaired) electrons. The van der Waals surface area contributed by atoms with Gasteiger partial charge in [0, 0.05) is 4.47 Å². The highest BCUT2D eigenvalue weighted by Crippen LogP contribution is 2.17. The lowest BCUT2D eigenvalue weighted by atomic mass is 10.1. The van der Waals surface area contributed by atoms with Gasteiger partial charge in [0.1, 0.15) is 5.75 Å². The summed E-state index contributed by atoms with van der Waals surface area (Å²) in [5.41, 5.74) is 3.07. The summed E-state index contributed by atoms with van der Waals surface area (Å²) in [4.78, 5) is 23.7. The SMILES string of the molecule is Cc1cc(C)cc(OCC(=O)OCC(=O)N[C@H](C)c2ccc(Br)cc2)c1. The molecule has 0 saturated heterocycles. The van der Waals surface area contributed by atoms with E-state index in [2.05, 4.69) is 21.2 Å². The normalized spacial score (nSPS) is 11.5. The molecule has 138 valence electrons. The molecule has 0 aliphatic heterocycles. The molecule has 0 unspecified atom stereocenters. The number of ether oxygens (including phenoxy) is 2. The molecular formula is C20H22BrNO4. The van der Waals surface area contributed by atoms with Crippen molar-refractivity contribution in [2.75, 3.05) is 13.2 Å². The van der Waals surface area contributed by atoms with E-state index >= 15 is 0 Å². The van der Waals surface area contributed by atoms with Gasteiger partial charge in [0.25, 0.3) is 5.91 Å². The Kier molecular flexibility index (Phi) is 7.21. The number of rotatable bonds is 7. The van der Waals surface area contributed by atoms with Crippen molar-refractivity contribution >= 4 is 27.8 Å². The van der Waals surface area contributed by atoms with Crippen LogP contribution in [0, 0.1) is 13.8 Å². The first-order valence-electron chi connectivity index (χ1n) is 8.25. The van der Waals surface area contributed by atoms with Crippen molar-refractivity contribution in [2.45, 2.75) is 26.8 Å². The van der Waals surface area contributed by atoms with Crippen LogP contribution >= 0.6 is 15.9 Å². The number of amides is 1. The number of carbonyl (C=O) groups excluding carboxylic acids is 2. The van der Waals surface area contributed by atoms with E-state index in [1.54, 1.807) is 0 Å². The zero-order valence-corrected chi connectivity index (χ0v) is 16.6. The van der Waals surface area contributed by atoms with E-state index in [-0.39, 0.29) is 25.2 Å². The Balaban J connectivity index is 1.74. The van der Waals surface area contributed by atoms with E-state index in [0.717, 1.165) is 21.2 Å². The Morgan fingerprint density at radius 3 is 2.27 bits per heavy atom. The minimum absolute atomic E-state index is 0.180. The van der Waals surface area contributed by atoms with Crippen molar-refractivity contribution in [2.24, 2.45) is 0 Å². The van der Waals surface area contributed by atoms with E-state index in [4.69, 9.17) is 9.47 Å². The van der Waals surface area contributed by atoms with Crippen LogP contribution in [0.1, 0.15) is 29.7 Å². The van der Waals surface area contributed by atoms with Crippen molar-refractivity contribution in [3.63, 3.8) is 0 Å². The topological polar surface area (TPSA) is 64.6 Å². The molecule has 2 aromatic carbocycles. The largest absolute Gasteiger partial charge is 0.482 e. The van der Waals surface area contributed by atoms with Crippen molar-refractivity contribution < 1.29 is 19.1 Å². The van der Waals surface area contributed by atoms with Crippen LogP contribution in [-0.4, -0.2) is 25.1 Å². The predicted molar refractivity (Wildman–Crippen MR) is 103 cm³/mol. The lowest BCUT2D eigenvalue weighted by Gasteiger charge is -2.14. The van der Waals surface area contributed by atoms with Crippen LogP contribution < -0.4 is 10.1 Å². The van der Waals surface area contributed by atoms with Crippen molar-refractivity contribution in [1.82, 2.24) is 5.32 Å². The van der Waals surface area contributed by atoms with E-state index in [1.165, 1.54) is 0 Å². The summed E-state index contributed by atoms with van der Waals surface area (Å²) in [5, 5.41) is 2.79. The fourth-order valence-corrected chi connectivity index (χ4v) is 2.73. The molecular weight excluding hydrogens is 398 g/mol. The summed E-state index contributed by atoms with van der Waals surface area (Å²) in [7, 11) is 0. The van der Waals surface area contributed by atoms with Crippen molar-refractivity contribution in [3.05, 3.63) is 63.6 Å². The number of hydrogen-bond donors (Lipinski definition) is 1. The molecule has 1 N–H and O–H groups in total. The molecule has 0 saturated carbocycles. The van der Waals surface area contributed by atoms with Crippen LogP contribution in [0.3, 0.4) is 0 Å². The molecule has 0 fully saturated rings. The number of carbonyl (C=O) groups is 2. The van der Waals surface area contributed by atoms with E-state index in [0.29, 0.717) is 5.75 Å². The van der Waals surface area contributed by atoms with Crippen LogP contribution in [0.5, 0.6) is 5.75 Å². The number of halogens is 1. The number of benzene rings is 2. The maximum absolute atomic E-state index is 11.9. The number of esters is 1. The van der Waals surface area contributed by atoms with E-state index in [9.17, 15) is 9.59 Å². The summed E-state index contributed by atoms with van der Waals surface area (Å²) < 4.78 is 11.3. The third kappa shape index (κ3) is 6.52. The summed E-state index contributed by atoms with van der Waals surface area (Å²) in [6.07, 6.45) is 0. The molecule has 1 atom stereocenters. The van der Waals surface area contributed by atoms with Crippen molar-refractivity contribution in [1.29, 1.82) is 0 Å². The zero-order chi connectivity index (χ0) is 19.1. The van der Waals surface area contributed by atoms with Crippen LogP contribution in [0.15, 0.2) is 46.9 Å². The Hall–Kier alpha value is -2.34. The fraction of sp³-hybridized carbons (Fsp3) is 0.300. The Bertz CT molecular complexity index is 754. The molecule has 26 heavy (non-hydrogen) atoms. The molecule has 2 rings (SSSR count). The average molecular weight is 420 g/mol. The maximum Gasteiger partial charge on any atom is 0.344 e. The summed E-state index contributed by atoms with van der Waals surface area (Å²) in [6, 6.07) is 13.2. The van der Waals surface area contributed by atoms with Gasteiger partial charge in [-0.15, -0.1) is 0 Å². The molecule has 0 aliphatic rings. The van der Waals surface area contributed by atoms with E-state index < -0.39 is 5.97 Å². The second kappa shape index (κ2) is 9.38. The van der Waals surface area contributed by atoms with Crippen molar-refractivity contribution in [3.8, 4) is 5.75 Å². The monoisotopic (exact) mass is 419 g/mol. The van der Waals surface area contributed by atoms with Gasteiger partial charge in [-0.05, 0) is 61.7 Å². The van der Waals surface area contributed by atoms with Gasteiger partial charge in [-0.2, -0.15) is 0 Å². The van der Waals surface area contributed by atoms with Gasteiger partial charge < -0.3 is 14.8 Å². The minimum atomic E-state index is -0.587. The smallest absolute Gasteiger partial charge is 0.344 e. The highest BCUT2D eigenvalue weighted by molar-refractivity contribution is 9.10. The van der Waals surface area contributed by atoms with Gasteiger partial charge in [-0.25, -0.2) is 4.79 Å². The Labute approximate surface area is 161 Å². The van der Waals surface area contributed by atoms with E-state index in [1.807, 2.05) is 63.2 Å². The van der Waals surface area contributed by atoms with Crippen LogP contribution in [0.25, 0.3) is 0 Å². The molecule has 2 aromatic rings. The first-order valence-corrected chi connectivity index (χ1v) is 9.04. The van der Waals surface area contributed by atoms with Crippen LogP contribution in [0.4, 0.5) is 0 Å². The summed E-state index contributed by atoms with van der Waals surface area (Å²) in [6.45, 7) is 5.20. The maximum atomic E-state index is 11.9. The molecule has 0 aromatic heterocycles. The number of nitrogens with one attached hydrogen (secondary N) is 1. The quantitative estimate of drug-likeness (QED) is 0.691. The van der Waals surface area contributed by atoms with Gasteiger partial charge in [-0.1, -0.05) is 34.1 Å². The number of hydrogen-bond acceptors (Lipinski definition) is 4. The Morgan fingerprint density at radius 1 is 1.04 bits per heavy atom. The minimum Gasteiger partial charge on any atom is -0.482 e. The third-order valence-electron chi connectivity index (χ3n) is 3.66. The molecule has 0 spiro atoms. The van der Waals surface area contributed by atoms with Gasteiger partial charge >= 0.3 is 5.97 Å². The summed E-state index contributed by atoms with van der Waals surface area (Å²) in [5.74, 6) is -0.344. The second-order valence-corrected chi connectivity index (χ2v) is 7.03. The molecule has 5 nitrogen and oxygen atoms in total. The lowest BCUT2D eigenvalue weighted by molar-refractivity contribution is -0.150. The Morgan fingerprint density at radius 2 is 1.65 bits per heavy atom. The van der Waals surface area contributed by atoms with Crippen LogP contribution in [0.2, 0.25) is 0 Å². The highest BCUT2D eigenvalue weighted by Gasteiger charge is 2.12.